The molecule has 5 heteroatoms. The predicted molar refractivity (Wildman–Crippen MR) is 120 cm³/mol. The summed E-state index contributed by atoms with van der Waals surface area (Å²) in [6.07, 6.45) is 3.53. The molecule has 2 aromatic carbocycles. The summed E-state index contributed by atoms with van der Waals surface area (Å²) in [6.45, 7) is 7.69. The van der Waals surface area contributed by atoms with Crippen LogP contribution in [-0.4, -0.2) is 30.1 Å². The summed E-state index contributed by atoms with van der Waals surface area (Å²) >= 11 is 1.60. The second-order valence-electron chi connectivity index (χ2n) is 7.84. The molecule has 0 spiro atoms. The van der Waals surface area contributed by atoms with E-state index in [1.54, 1.807) is 11.3 Å². The molecule has 2 heterocycles. The van der Waals surface area contributed by atoms with Crippen LogP contribution in [0.4, 0.5) is 5.13 Å². The number of thiazole rings is 1. The zero-order valence-corrected chi connectivity index (χ0v) is 18.2. The van der Waals surface area contributed by atoms with Crippen LogP contribution >= 0.6 is 11.3 Å². The van der Waals surface area contributed by atoms with Crippen LogP contribution in [0.15, 0.2) is 36.4 Å². The monoisotopic (exact) mass is 408 g/mol. The Kier molecular flexibility index (Phi) is 5.97. The minimum Gasteiger partial charge on any atom is -0.376 e. The number of aryl methyl sites for hydroxylation is 3. The molecule has 1 saturated heterocycles. The number of rotatable bonds is 6. The summed E-state index contributed by atoms with van der Waals surface area (Å²) < 4.78 is 6.96. The number of carbonyl (C=O) groups excluding carboxylic acids is 1. The molecule has 1 unspecified atom stereocenters. The molecule has 4 nitrogen and oxygen atoms in total. The molecule has 1 atom stereocenters. The zero-order chi connectivity index (χ0) is 20.4. The van der Waals surface area contributed by atoms with Gasteiger partial charge in [-0.25, -0.2) is 4.98 Å². The quantitative estimate of drug-likeness (QED) is 0.561. The van der Waals surface area contributed by atoms with E-state index in [-0.39, 0.29) is 12.0 Å². The molecule has 0 radical (unpaired) electrons. The van der Waals surface area contributed by atoms with Gasteiger partial charge in [0, 0.05) is 6.61 Å². The van der Waals surface area contributed by atoms with E-state index in [4.69, 9.17) is 9.72 Å². The molecule has 1 aliphatic rings. The van der Waals surface area contributed by atoms with Crippen molar-refractivity contribution in [3.63, 3.8) is 0 Å². The lowest BCUT2D eigenvalue weighted by Crippen LogP contribution is -2.38. The summed E-state index contributed by atoms with van der Waals surface area (Å²) in [5.74, 6) is 0.0816. The third-order valence-electron chi connectivity index (χ3n) is 5.80. The van der Waals surface area contributed by atoms with Gasteiger partial charge in [0.05, 0.1) is 29.3 Å². The fraction of sp³-hybridized carbons (Fsp3) is 0.417. The highest BCUT2D eigenvalue weighted by molar-refractivity contribution is 7.22. The number of benzene rings is 2. The van der Waals surface area contributed by atoms with E-state index >= 15 is 0 Å². The largest absolute Gasteiger partial charge is 0.376 e. The van der Waals surface area contributed by atoms with Gasteiger partial charge in [-0.05, 0) is 61.4 Å². The number of amides is 1. The molecule has 4 rings (SSSR count). The van der Waals surface area contributed by atoms with Crippen LogP contribution in [0, 0.1) is 13.8 Å². The van der Waals surface area contributed by atoms with Crippen molar-refractivity contribution in [3.8, 4) is 0 Å². The first-order chi connectivity index (χ1) is 14.0. The fourth-order valence-electron chi connectivity index (χ4n) is 3.77. The van der Waals surface area contributed by atoms with Gasteiger partial charge in [-0.3, -0.25) is 9.69 Å². The van der Waals surface area contributed by atoms with E-state index in [9.17, 15) is 4.79 Å². The van der Waals surface area contributed by atoms with E-state index in [0.717, 1.165) is 46.8 Å². The topological polar surface area (TPSA) is 42.4 Å². The number of aromatic nitrogens is 1. The van der Waals surface area contributed by atoms with Gasteiger partial charge >= 0.3 is 0 Å². The number of ether oxygens (including phenoxy) is 1. The Bertz CT molecular complexity index is 1000. The first kappa shape index (κ1) is 20.0. The summed E-state index contributed by atoms with van der Waals surface area (Å²) in [5, 5.41) is 0.777. The third-order valence-corrected chi connectivity index (χ3v) is 6.85. The number of anilines is 1. The number of hydrogen-bond acceptors (Lipinski definition) is 4. The Hall–Kier alpha value is -2.24. The molecule has 152 valence electrons. The highest BCUT2D eigenvalue weighted by Gasteiger charge is 2.26. The smallest absolute Gasteiger partial charge is 0.233 e. The molecule has 1 aliphatic heterocycles. The van der Waals surface area contributed by atoms with Crippen LogP contribution in [-0.2, 0) is 22.4 Å². The van der Waals surface area contributed by atoms with E-state index in [2.05, 4.69) is 57.2 Å². The van der Waals surface area contributed by atoms with Crippen LogP contribution in [0.5, 0.6) is 0 Å². The van der Waals surface area contributed by atoms with E-state index in [1.807, 2.05) is 4.90 Å². The van der Waals surface area contributed by atoms with Crippen LogP contribution in [0.2, 0.25) is 0 Å². The van der Waals surface area contributed by atoms with Gasteiger partial charge in [-0.15, -0.1) is 0 Å². The molecule has 1 amide bonds. The molecular weight excluding hydrogens is 380 g/mol. The molecule has 0 N–H and O–H groups in total. The van der Waals surface area contributed by atoms with Crippen molar-refractivity contribution in [1.82, 2.24) is 4.98 Å². The van der Waals surface area contributed by atoms with E-state index < -0.39 is 0 Å². The van der Waals surface area contributed by atoms with Crippen molar-refractivity contribution in [1.29, 1.82) is 0 Å². The fourth-order valence-corrected chi connectivity index (χ4v) is 4.82. The van der Waals surface area contributed by atoms with Crippen LogP contribution in [0.1, 0.15) is 42.0 Å². The van der Waals surface area contributed by atoms with E-state index in [0.29, 0.717) is 13.0 Å². The van der Waals surface area contributed by atoms with Crippen molar-refractivity contribution >= 4 is 32.6 Å². The lowest BCUT2D eigenvalue weighted by atomic mass is 10.1. The minimum atomic E-state index is 0.0816. The van der Waals surface area contributed by atoms with Gasteiger partial charge in [0.25, 0.3) is 0 Å². The van der Waals surface area contributed by atoms with Crippen LogP contribution in [0.25, 0.3) is 10.2 Å². The average Bonchev–Trinajstić information content (AvgIpc) is 3.39. The number of carbonyl (C=O) groups is 1. The first-order valence-corrected chi connectivity index (χ1v) is 11.2. The Morgan fingerprint density at radius 1 is 1.17 bits per heavy atom. The Labute approximate surface area is 176 Å². The molecule has 1 fully saturated rings. The molecule has 29 heavy (non-hydrogen) atoms. The lowest BCUT2D eigenvalue weighted by Gasteiger charge is -2.23. The van der Waals surface area contributed by atoms with Crippen molar-refractivity contribution in [2.75, 3.05) is 18.1 Å². The molecule has 3 aromatic rings. The number of fused-ring (bicyclic) bond motifs is 1. The summed E-state index contributed by atoms with van der Waals surface area (Å²) in [7, 11) is 0. The molecule has 1 aromatic heterocycles. The summed E-state index contributed by atoms with van der Waals surface area (Å²) in [4.78, 5) is 20.0. The van der Waals surface area contributed by atoms with E-state index in [1.165, 1.54) is 16.7 Å². The van der Waals surface area contributed by atoms with Crippen LogP contribution < -0.4 is 4.90 Å². The molecule has 0 bridgehead atoms. The lowest BCUT2D eigenvalue weighted by molar-refractivity contribution is -0.118. The summed E-state index contributed by atoms with van der Waals surface area (Å²) in [6, 6.07) is 12.6. The first-order valence-electron chi connectivity index (χ1n) is 10.4. The number of hydrogen-bond donors (Lipinski definition) is 0. The Morgan fingerprint density at radius 2 is 1.93 bits per heavy atom. The highest BCUT2D eigenvalue weighted by atomic mass is 32.1. The van der Waals surface area contributed by atoms with Crippen molar-refractivity contribution < 1.29 is 9.53 Å². The normalized spacial score (nSPS) is 16.4. The van der Waals surface area contributed by atoms with Crippen LogP contribution in [0.3, 0.4) is 0 Å². The second-order valence-corrected chi connectivity index (χ2v) is 8.85. The van der Waals surface area contributed by atoms with Gasteiger partial charge in [-0.2, -0.15) is 0 Å². The van der Waals surface area contributed by atoms with Gasteiger partial charge < -0.3 is 4.74 Å². The summed E-state index contributed by atoms with van der Waals surface area (Å²) in [5.41, 5.74) is 5.74. The maximum absolute atomic E-state index is 13.3. The van der Waals surface area contributed by atoms with Crippen molar-refractivity contribution in [2.24, 2.45) is 0 Å². The zero-order valence-electron chi connectivity index (χ0n) is 17.4. The molecule has 0 aliphatic carbocycles. The second kappa shape index (κ2) is 8.64. The Balaban J connectivity index is 1.63. The SMILES string of the molecule is CCc1ccc(CC(=O)N(CC2CCCO2)c2nc3c(C)c(C)ccc3s2)cc1. The number of nitrogens with zero attached hydrogens (tertiary/aromatic N) is 2. The minimum absolute atomic E-state index is 0.0816. The maximum atomic E-state index is 13.3. The van der Waals surface area contributed by atoms with Gasteiger partial charge in [-0.1, -0.05) is 48.6 Å². The average molecular weight is 409 g/mol. The van der Waals surface area contributed by atoms with Crippen molar-refractivity contribution in [2.45, 2.75) is 52.6 Å². The van der Waals surface area contributed by atoms with Gasteiger partial charge in [0.15, 0.2) is 5.13 Å². The Morgan fingerprint density at radius 3 is 2.62 bits per heavy atom. The highest BCUT2D eigenvalue weighted by Crippen LogP contribution is 2.33. The molecule has 0 saturated carbocycles. The predicted octanol–water partition coefficient (Wildman–Crippen LogP) is 5.23. The maximum Gasteiger partial charge on any atom is 0.233 e. The molecular formula is C24H28N2O2S. The van der Waals surface area contributed by atoms with Gasteiger partial charge in [0.2, 0.25) is 5.91 Å². The standard InChI is InChI=1S/C24H28N2O2S/c1-4-18-8-10-19(11-9-18)14-22(27)26(15-20-6-5-13-28-20)24-25-23-17(3)16(2)7-12-21(23)29-24/h7-12,20H,4-6,13-15H2,1-3H3. The van der Waals surface area contributed by atoms with Crippen molar-refractivity contribution in [3.05, 3.63) is 58.7 Å². The third kappa shape index (κ3) is 4.36. The van der Waals surface area contributed by atoms with Gasteiger partial charge in [0.1, 0.15) is 0 Å².